The topological polar surface area (TPSA) is 65.9 Å². The van der Waals surface area contributed by atoms with E-state index in [1.165, 1.54) is 0 Å². The lowest BCUT2D eigenvalue weighted by Gasteiger charge is -2.31. The number of aromatic nitrogens is 2. The van der Waals surface area contributed by atoms with Crippen LogP contribution in [0, 0.1) is 12.3 Å². The molecule has 0 amide bonds. The molecule has 7 heteroatoms. The molecular weight excluding hydrogens is 418 g/mol. The van der Waals surface area contributed by atoms with Gasteiger partial charge in [0.2, 0.25) is 0 Å². The largest absolute Gasteiger partial charge is 0.487 e. The van der Waals surface area contributed by atoms with E-state index in [-0.39, 0.29) is 6.04 Å². The number of methoxy groups -OCH3 is 2. The fraction of sp³-hybridized carbons (Fsp3) is 0.385. The van der Waals surface area contributed by atoms with Crippen molar-refractivity contribution in [1.82, 2.24) is 9.97 Å². The van der Waals surface area contributed by atoms with E-state index in [9.17, 15) is 0 Å². The molecule has 1 atom stereocenters. The third-order valence-corrected chi connectivity index (χ3v) is 5.32. The SMILES string of the molecule is C#Cc1cccc(N(c2ncnc3cc(OCCOC)c(OCCOC)cc23)C(C)CC)c1. The number of hydrogen-bond donors (Lipinski definition) is 0. The van der Waals surface area contributed by atoms with Crippen molar-refractivity contribution in [2.75, 3.05) is 45.5 Å². The lowest BCUT2D eigenvalue weighted by molar-refractivity contribution is 0.132. The van der Waals surface area contributed by atoms with Gasteiger partial charge in [-0.15, -0.1) is 6.42 Å². The number of hydrogen-bond acceptors (Lipinski definition) is 7. The molecule has 174 valence electrons. The molecule has 0 bridgehead atoms. The standard InChI is InChI=1S/C26H31N3O4/c1-6-19(3)29(21-10-8-9-20(7-2)15-21)26-22-16-24(32-13-11-30-4)25(33-14-12-31-5)17-23(22)27-18-28-26/h2,8-10,15-19H,6,11-14H2,1,3-5H3. The van der Waals surface area contributed by atoms with Crippen LogP contribution >= 0.6 is 0 Å². The summed E-state index contributed by atoms with van der Waals surface area (Å²) in [6, 6.07) is 11.9. The molecule has 0 aliphatic carbocycles. The Bertz CT molecular complexity index is 1100. The Kier molecular flexibility index (Phi) is 8.87. The number of anilines is 2. The Morgan fingerprint density at radius 1 is 0.970 bits per heavy atom. The Morgan fingerprint density at radius 2 is 1.67 bits per heavy atom. The number of benzene rings is 2. The second-order valence-electron chi connectivity index (χ2n) is 7.52. The summed E-state index contributed by atoms with van der Waals surface area (Å²) >= 11 is 0. The summed E-state index contributed by atoms with van der Waals surface area (Å²) in [5.41, 5.74) is 2.55. The summed E-state index contributed by atoms with van der Waals surface area (Å²) in [5, 5.41) is 0.857. The lowest BCUT2D eigenvalue weighted by Crippen LogP contribution is -2.28. The second kappa shape index (κ2) is 12.0. The van der Waals surface area contributed by atoms with Gasteiger partial charge in [0.25, 0.3) is 0 Å². The molecule has 33 heavy (non-hydrogen) atoms. The number of terminal acetylenes is 1. The molecule has 1 unspecified atom stereocenters. The molecule has 0 fully saturated rings. The van der Waals surface area contributed by atoms with Gasteiger partial charge in [-0.05, 0) is 37.6 Å². The van der Waals surface area contributed by atoms with Gasteiger partial charge < -0.3 is 23.8 Å². The van der Waals surface area contributed by atoms with Gasteiger partial charge in [-0.2, -0.15) is 0 Å². The molecule has 1 heterocycles. The average molecular weight is 450 g/mol. The highest BCUT2D eigenvalue weighted by atomic mass is 16.5. The molecule has 2 aromatic carbocycles. The van der Waals surface area contributed by atoms with Crippen molar-refractivity contribution < 1.29 is 18.9 Å². The van der Waals surface area contributed by atoms with Crippen molar-refractivity contribution in [2.45, 2.75) is 26.3 Å². The fourth-order valence-electron chi connectivity index (χ4n) is 3.45. The summed E-state index contributed by atoms with van der Waals surface area (Å²) < 4.78 is 22.2. The third kappa shape index (κ3) is 5.92. The van der Waals surface area contributed by atoms with Crippen molar-refractivity contribution in [3.05, 3.63) is 48.3 Å². The Labute approximate surface area is 195 Å². The van der Waals surface area contributed by atoms with Gasteiger partial charge in [-0.3, -0.25) is 0 Å². The minimum atomic E-state index is 0.173. The van der Waals surface area contributed by atoms with Crippen molar-refractivity contribution in [3.8, 4) is 23.8 Å². The van der Waals surface area contributed by atoms with Crippen molar-refractivity contribution >= 4 is 22.4 Å². The van der Waals surface area contributed by atoms with Crippen LogP contribution < -0.4 is 14.4 Å². The number of ether oxygens (including phenoxy) is 4. The molecule has 0 aliphatic heterocycles. The summed E-state index contributed by atoms with van der Waals surface area (Å²) in [4.78, 5) is 11.4. The van der Waals surface area contributed by atoms with Gasteiger partial charge >= 0.3 is 0 Å². The van der Waals surface area contributed by atoms with Crippen molar-refractivity contribution in [2.24, 2.45) is 0 Å². The van der Waals surface area contributed by atoms with Gasteiger partial charge in [0.1, 0.15) is 25.4 Å². The maximum atomic E-state index is 5.99. The zero-order chi connectivity index (χ0) is 23.6. The molecule has 0 radical (unpaired) electrons. The molecule has 3 rings (SSSR count). The third-order valence-electron chi connectivity index (χ3n) is 5.32. The van der Waals surface area contributed by atoms with Gasteiger partial charge in [-0.1, -0.05) is 18.9 Å². The van der Waals surface area contributed by atoms with E-state index >= 15 is 0 Å². The minimum absolute atomic E-state index is 0.173. The van der Waals surface area contributed by atoms with Gasteiger partial charge in [0, 0.05) is 43.0 Å². The highest BCUT2D eigenvalue weighted by molar-refractivity contribution is 5.94. The van der Waals surface area contributed by atoms with Crippen molar-refractivity contribution in [1.29, 1.82) is 0 Å². The summed E-state index contributed by atoms with van der Waals surface area (Å²) in [6.45, 7) is 6.04. The first-order valence-corrected chi connectivity index (χ1v) is 11.0. The smallest absolute Gasteiger partial charge is 0.163 e. The fourth-order valence-corrected chi connectivity index (χ4v) is 3.45. The van der Waals surface area contributed by atoms with Crippen LogP contribution in [0.1, 0.15) is 25.8 Å². The molecule has 0 N–H and O–H groups in total. The normalized spacial score (nSPS) is 11.7. The molecule has 0 saturated carbocycles. The maximum Gasteiger partial charge on any atom is 0.163 e. The van der Waals surface area contributed by atoms with E-state index in [0.717, 1.165) is 34.4 Å². The van der Waals surface area contributed by atoms with Crippen LogP contribution in [0.3, 0.4) is 0 Å². The van der Waals surface area contributed by atoms with Gasteiger partial charge in [0.15, 0.2) is 11.5 Å². The molecule has 1 aromatic heterocycles. The lowest BCUT2D eigenvalue weighted by atomic mass is 10.1. The zero-order valence-corrected chi connectivity index (χ0v) is 19.7. The predicted molar refractivity (Wildman–Crippen MR) is 131 cm³/mol. The van der Waals surface area contributed by atoms with E-state index in [0.29, 0.717) is 37.9 Å². The van der Waals surface area contributed by atoms with Gasteiger partial charge in [0.05, 0.1) is 18.7 Å². The highest BCUT2D eigenvalue weighted by Gasteiger charge is 2.21. The van der Waals surface area contributed by atoms with Crippen LogP contribution in [0.25, 0.3) is 10.9 Å². The molecular formula is C26H31N3O4. The highest BCUT2D eigenvalue weighted by Crippen LogP contribution is 2.38. The number of nitrogens with zero attached hydrogens (tertiary/aromatic N) is 3. The van der Waals surface area contributed by atoms with E-state index in [4.69, 9.17) is 25.4 Å². The second-order valence-corrected chi connectivity index (χ2v) is 7.52. The van der Waals surface area contributed by atoms with Crippen LogP contribution in [-0.2, 0) is 9.47 Å². The van der Waals surface area contributed by atoms with E-state index in [1.807, 2.05) is 36.4 Å². The molecule has 0 saturated heterocycles. The van der Waals surface area contributed by atoms with Crippen LogP contribution in [0.4, 0.5) is 11.5 Å². The molecule has 7 nitrogen and oxygen atoms in total. The first-order valence-electron chi connectivity index (χ1n) is 11.0. The predicted octanol–water partition coefficient (Wildman–Crippen LogP) is 4.60. The van der Waals surface area contributed by atoms with Gasteiger partial charge in [-0.25, -0.2) is 9.97 Å². The number of rotatable bonds is 12. The van der Waals surface area contributed by atoms with E-state index < -0.39 is 0 Å². The Balaban J connectivity index is 2.13. The molecule has 0 spiro atoms. The summed E-state index contributed by atoms with van der Waals surface area (Å²) in [7, 11) is 3.28. The average Bonchev–Trinajstić information content (AvgIpc) is 2.84. The zero-order valence-electron chi connectivity index (χ0n) is 19.7. The number of fused-ring (bicyclic) bond motifs is 1. The van der Waals surface area contributed by atoms with Crippen LogP contribution in [0.2, 0.25) is 0 Å². The monoisotopic (exact) mass is 449 g/mol. The first kappa shape index (κ1) is 24.3. The molecule has 3 aromatic rings. The minimum Gasteiger partial charge on any atom is -0.487 e. The Morgan fingerprint density at radius 3 is 2.30 bits per heavy atom. The van der Waals surface area contributed by atoms with Crippen LogP contribution in [-0.4, -0.2) is 56.7 Å². The Hall–Kier alpha value is -3.34. The van der Waals surface area contributed by atoms with Crippen molar-refractivity contribution in [3.63, 3.8) is 0 Å². The van der Waals surface area contributed by atoms with E-state index in [1.54, 1.807) is 20.5 Å². The summed E-state index contributed by atoms with van der Waals surface area (Å²) in [6.07, 6.45) is 8.15. The van der Waals surface area contributed by atoms with Crippen LogP contribution in [0.15, 0.2) is 42.7 Å². The summed E-state index contributed by atoms with van der Waals surface area (Å²) in [5.74, 6) is 4.71. The maximum absolute atomic E-state index is 5.99. The van der Waals surface area contributed by atoms with Crippen LogP contribution in [0.5, 0.6) is 11.5 Å². The van der Waals surface area contributed by atoms with E-state index in [2.05, 4.69) is 34.6 Å². The first-order chi connectivity index (χ1) is 16.1. The molecule has 0 aliphatic rings. The quantitative estimate of drug-likeness (QED) is 0.296.